The number of aromatic amines is 1. The minimum absolute atomic E-state index is 0.0927. The van der Waals surface area contributed by atoms with Crippen molar-refractivity contribution in [2.45, 2.75) is 58.5 Å². The lowest BCUT2D eigenvalue weighted by Gasteiger charge is -2.14. The molecule has 38 heavy (non-hydrogen) atoms. The number of nitrogens with one attached hydrogen (secondary N) is 2. The predicted octanol–water partition coefficient (Wildman–Crippen LogP) is 4.81. The van der Waals surface area contributed by atoms with E-state index in [9.17, 15) is 9.59 Å². The van der Waals surface area contributed by atoms with Crippen LogP contribution in [0.25, 0.3) is 22.0 Å². The molecule has 1 saturated carbocycles. The molecule has 0 radical (unpaired) electrons. The number of H-pyrrole nitrogens is 1. The van der Waals surface area contributed by atoms with Crippen LogP contribution in [0.1, 0.15) is 65.3 Å². The maximum absolute atomic E-state index is 13.5. The van der Waals surface area contributed by atoms with E-state index in [1.807, 2.05) is 50.2 Å². The summed E-state index contributed by atoms with van der Waals surface area (Å²) in [6.45, 7) is 4.41. The van der Waals surface area contributed by atoms with Gasteiger partial charge in [-0.2, -0.15) is 5.10 Å². The Morgan fingerprint density at radius 1 is 1.13 bits per heavy atom. The van der Waals surface area contributed by atoms with Crippen LogP contribution in [-0.2, 0) is 6.54 Å². The third-order valence-electron chi connectivity index (χ3n) is 7.31. The Kier molecular flexibility index (Phi) is 7.60. The van der Waals surface area contributed by atoms with Crippen molar-refractivity contribution in [2.24, 2.45) is 0 Å². The molecule has 0 aliphatic heterocycles. The molecule has 1 fully saturated rings. The minimum atomic E-state index is -0.244. The molecule has 4 aromatic rings. The summed E-state index contributed by atoms with van der Waals surface area (Å²) >= 11 is 0. The molecule has 198 valence electrons. The second-order valence-corrected chi connectivity index (χ2v) is 10.1. The number of nitrogens with zero attached hydrogens (tertiary/aromatic N) is 2. The zero-order valence-corrected chi connectivity index (χ0v) is 21.9. The number of aliphatic hydroxyl groups excluding tert-OH is 1. The summed E-state index contributed by atoms with van der Waals surface area (Å²) in [5.74, 6) is 0.488. The number of benzene rings is 2. The van der Waals surface area contributed by atoms with E-state index in [1.54, 1.807) is 6.20 Å². The zero-order chi connectivity index (χ0) is 26.6. The maximum Gasteiger partial charge on any atom is 0.253 e. The Bertz CT molecular complexity index is 1500. The van der Waals surface area contributed by atoms with Crippen molar-refractivity contribution in [3.8, 4) is 16.9 Å². The van der Waals surface area contributed by atoms with Crippen molar-refractivity contribution < 1.29 is 14.6 Å². The van der Waals surface area contributed by atoms with Crippen molar-refractivity contribution in [1.82, 2.24) is 20.1 Å². The van der Waals surface area contributed by atoms with Crippen LogP contribution in [0.5, 0.6) is 5.75 Å². The number of hydrogen-bond donors (Lipinski definition) is 3. The monoisotopic (exact) mass is 514 g/mol. The molecule has 2 heterocycles. The molecule has 0 spiro atoms. The van der Waals surface area contributed by atoms with E-state index in [2.05, 4.69) is 21.0 Å². The van der Waals surface area contributed by atoms with Crippen LogP contribution in [0.3, 0.4) is 0 Å². The van der Waals surface area contributed by atoms with Gasteiger partial charge in [0.2, 0.25) is 0 Å². The molecule has 0 atom stereocenters. The molecule has 8 nitrogen and oxygen atoms in total. The van der Waals surface area contributed by atoms with Gasteiger partial charge < -0.3 is 20.1 Å². The van der Waals surface area contributed by atoms with Crippen LogP contribution in [0.2, 0.25) is 0 Å². The number of hydrogen-bond acceptors (Lipinski definition) is 5. The molecule has 3 N–H and O–H groups in total. The standard InChI is InChI=1S/C30H34N4O4/c1-19-14-20(2)33-30(37)26(19)17-31-29(36)25-15-22(21-8-10-24(11-9-21)38-13-5-12-35)16-28-27(25)18-32-34(28)23-6-3-4-7-23/h8-11,14-16,18,23,35H,3-7,12-13,17H2,1-2H3,(H,31,36)(H,33,37). The number of aryl methyl sites for hydroxylation is 2. The van der Waals surface area contributed by atoms with Gasteiger partial charge in [0.1, 0.15) is 5.75 Å². The number of fused-ring (bicyclic) bond motifs is 1. The van der Waals surface area contributed by atoms with Crippen LogP contribution in [-0.4, -0.2) is 39.0 Å². The third-order valence-corrected chi connectivity index (χ3v) is 7.31. The molecule has 1 aliphatic rings. The summed E-state index contributed by atoms with van der Waals surface area (Å²) in [5.41, 5.74) is 5.35. The second kappa shape index (κ2) is 11.2. The largest absolute Gasteiger partial charge is 0.494 e. The average Bonchev–Trinajstić information content (AvgIpc) is 3.58. The molecular formula is C30H34N4O4. The molecule has 2 aromatic heterocycles. The average molecular weight is 515 g/mol. The molecule has 1 aliphatic carbocycles. The van der Waals surface area contributed by atoms with Gasteiger partial charge in [-0.25, -0.2) is 0 Å². The quantitative estimate of drug-likeness (QED) is 0.278. The van der Waals surface area contributed by atoms with E-state index in [-0.39, 0.29) is 24.6 Å². The molecule has 0 bridgehead atoms. The van der Waals surface area contributed by atoms with E-state index in [1.165, 1.54) is 12.8 Å². The normalized spacial score (nSPS) is 13.8. The molecule has 5 rings (SSSR count). The predicted molar refractivity (Wildman–Crippen MR) is 148 cm³/mol. The van der Waals surface area contributed by atoms with Crippen LogP contribution in [0, 0.1) is 13.8 Å². The first-order valence-corrected chi connectivity index (χ1v) is 13.3. The van der Waals surface area contributed by atoms with Crippen LogP contribution in [0.15, 0.2) is 53.5 Å². The summed E-state index contributed by atoms with van der Waals surface area (Å²) in [5, 5.41) is 17.5. The molecule has 8 heteroatoms. The summed E-state index contributed by atoms with van der Waals surface area (Å²) in [6, 6.07) is 14.0. The van der Waals surface area contributed by atoms with Gasteiger partial charge in [0.25, 0.3) is 11.5 Å². The first-order valence-electron chi connectivity index (χ1n) is 13.3. The Morgan fingerprint density at radius 3 is 2.61 bits per heavy atom. The van der Waals surface area contributed by atoms with Crippen LogP contribution < -0.4 is 15.6 Å². The fourth-order valence-electron chi connectivity index (χ4n) is 5.30. The van der Waals surface area contributed by atoms with Crippen molar-refractivity contribution in [3.63, 3.8) is 0 Å². The van der Waals surface area contributed by atoms with Gasteiger partial charge in [-0.1, -0.05) is 25.0 Å². The zero-order valence-electron chi connectivity index (χ0n) is 21.9. The Morgan fingerprint density at radius 2 is 1.89 bits per heavy atom. The summed E-state index contributed by atoms with van der Waals surface area (Å²) in [7, 11) is 0. The lowest BCUT2D eigenvalue weighted by Crippen LogP contribution is -2.28. The number of aliphatic hydroxyl groups is 1. The fourth-order valence-corrected chi connectivity index (χ4v) is 5.30. The highest BCUT2D eigenvalue weighted by atomic mass is 16.5. The second-order valence-electron chi connectivity index (χ2n) is 10.1. The first-order chi connectivity index (χ1) is 18.4. The van der Waals surface area contributed by atoms with Gasteiger partial charge in [-0.15, -0.1) is 0 Å². The highest BCUT2D eigenvalue weighted by Gasteiger charge is 2.23. The Labute approximate surface area is 221 Å². The first kappa shape index (κ1) is 25.7. The summed E-state index contributed by atoms with van der Waals surface area (Å²) in [4.78, 5) is 28.8. The van der Waals surface area contributed by atoms with Gasteiger partial charge in [0, 0.05) is 36.2 Å². The van der Waals surface area contributed by atoms with Gasteiger partial charge >= 0.3 is 0 Å². The van der Waals surface area contributed by atoms with Crippen molar-refractivity contribution in [3.05, 3.63) is 81.4 Å². The Balaban J connectivity index is 1.49. The number of carbonyl (C=O) groups excluding carboxylic acids is 1. The third kappa shape index (κ3) is 5.36. The molecular weight excluding hydrogens is 480 g/mol. The van der Waals surface area contributed by atoms with Crippen molar-refractivity contribution in [2.75, 3.05) is 13.2 Å². The summed E-state index contributed by atoms with van der Waals surface area (Å²) in [6.07, 6.45) is 6.89. The number of carbonyl (C=O) groups is 1. The van der Waals surface area contributed by atoms with E-state index in [4.69, 9.17) is 14.9 Å². The number of pyridine rings is 1. The number of ether oxygens (including phenoxy) is 1. The van der Waals surface area contributed by atoms with E-state index < -0.39 is 0 Å². The molecule has 1 amide bonds. The number of amides is 1. The number of aromatic nitrogens is 3. The van der Waals surface area contributed by atoms with Gasteiger partial charge in [0.05, 0.1) is 29.9 Å². The minimum Gasteiger partial charge on any atom is -0.494 e. The highest BCUT2D eigenvalue weighted by molar-refractivity contribution is 6.08. The lowest BCUT2D eigenvalue weighted by molar-refractivity contribution is 0.0952. The van der Waals surface area contributed by atoms with E-state index >= 15 is 0 Å². The molecule has 0 saturated heterocycles. The highest BCUT2D eigenvalue weighted by Crippen LogP contribution is 2.35. The SMILES string of the molecule is Cc1cc(C)c(CNC(=O)c2cc(-c3ccc(OCCCO)cc3)cc3c2cnn3C2CCCC2)c(=O)[nH]1. The molecule has 2 aromatic carbocycles. The van der Waals surface area contributed by atoms with Gasteiger partial charge in [0.15, 0.2) is 0 Å². The fraction of sp³-hybridized carbons (Fsp3) is 0.367. The molecule has 0 unspecified atom stereocenters. The summed E-state index contributed by atoms with van der Waals surface area (Å²) < 4.78 is 7.75. The maximum atomic E-state index is 13.5. The topological polar surface area (TPSA) is 109 Å². The van der Waals surface area contributed by atoms with Crippen molar-refractivity contribution >= 4 is 16.8 Å². The van der Waals surface area contributed by atoms with E-state index in [0.717, 1.165) is 51.9 Å². The van der Waals surface area contributed by atoms with Crippen LogP contribution in [0.4, 0.5) is 0 Å². The Hall–Kier alpha value is -3.91. The van der Waals surface area contributed by atoms with Crippen LogP contribution >= 0.6 is 0 Å². The smallest absolute Gasteiger partial charge is 0.253 e. The van der Waals surface area contributed by atoms with Gasteiger partial charge in [-0.05, 0) is 73.7 Å². The van der Waals surface area contributed by atoms with Gasteiger partial charge in [-0.3, -0.25) is 14.3 Å². The number of rotatable bonds is 9. The van der Waals surface area contributed by atoms with Crippen molar-refractivity contribution in [1.29, 1.82) is 0 Å². The lowest BCUT2D eigenvalue weighted by atomic mass is 9.99. The van der Waals surface area contributed by atoms with E-state index in [0.29, 0.717) is 30.2 Å².